The van der Waals surface area contributed by atoms with Gasteiger partial charge in [-0.15, -0.1) is 0 Å². The SMILES string of the molecule is OCC(Br)c1c(F)c(F)c(F)c(F)c1F. The van der Waals surface area contributed by atoms with Gasteiger partial charge in [0.15, 0.2) is 23.3 Å². The third kappa shape index (κ3) is 1.98. The molecule has 0 saturated carbocycles. The lowest BCUT2D eigenvalue weighted by Crippen LogP contribution is -2.10. The molecular formula is C8H4BrF5O. The lowest BCUT2D eigenvalue weighted by Gasteiger charge is -2.11. The smallest absolute Gasteiger partial charge is 0.200 e. The highest BCUT2D eigenvalue weighted by Gasteiger charge is 2.28. The normalized spacial score (nSPS) is 13.0. The zero-order chi connectivity index (χ0) is 11.7. The number of rotatable bonds is 2. The largest absolute Gasteiger partial charge is 0.395 e. The topological polar surface area (TPSA) is 20.2 Å². The summed E-state index contributed by atoms with van der Waals surface area (Å²) >= 11 is 2.59. The van der Waals surface area contributed by atoms with Crippen LogP contribution in [-0.2, 0) is 0 Å². The second-order valence-corrected chi connectivity index (χ2v) is 3.74. The molecule has 0 fully saturated rings. The fourth-order valence-electron chi connectivity index (χ4n) is 0.988. The third-order valence-electron chi connectivity index (χ3n) is 1.72. The van der Waals surface area contributed by atoms with Crippen LogP contribution >= 0.6 is 15.9 Å². The van der Waals surface area contributed by atoms with Gasteiger partial charge in [0.2, 0.25) is 5.82 Å². The van der Waals surface area contributed by atoms with Gasteiger partial charge in [-0.1, -0.05) is 15.9 Å². The molecule has 7 heteroatoms. The second-order valence-electron chi connectivity index (χ2n) is 2.63. The van der Waals surface area contributed by atoms with Crippen molar-refractivity contribution in [3.05, 3.63) is 34.6 Å². The van der Waals surface area contributed by atoms with Gasteiger partial charge >= 0.3 is 0 Å². The molecule has 1 atom stereocenters. The van der Waals surface area contributed by atoms with Crippen molar-refractivity contribution < 1.29 is 27.1 Å². The molecule has 0 radical (unpaired) electrons. The summed E-state index contributed by atoms with van der Waals surface area (Å²) in [6.07, 6.45) is 0. The van der Waals surface area contributed by atoms with Gasteiger partial charge in [-0.25, -0.2) is 22.0 Å². The summed E-state index contributed by atoms with van der Waals surface area (Å²) in [6.45, 7) is -0.793. The Bertz CT molecular complexity index is 366. The van der Waals surface area contributed by atoms with Crippen molar-refractivity contribution in [2.75, 3.05) is 6.61 Å². The third-order valence-corrected chi connectivity index (χ3v) is 2.46. The van der Waals surface area contributed by atoms with Crippen LogP contribution in [0.4, 0.5) is 22.0 Å². The predicted octanol–water partition coefficient (Wildman–Crippen LogP) is 2.81. The summed E-state index contributed by atoms with van der Waals surface area (Å²) in [6, 6.07) is 0. The molecule has 1 unspecified atom stereocenters. The van der Waals surface area contributed by atoms with Crippen LogP contribution < -0.4 is 0 Å². The molecule has 0 aliphatic carbocycles. The minimum Gasteiger partial charge on any atom is -0.395 e. The van der Waals surface area contributed by atoms with Crippen LogP contribution in [0, 0.1) is 29.1 Å². The minimum absolute atomic E-state index is 0.793. The number of aliphatic hydroxyl groups excluding tert-OH is 1. The molecular weight excluding hydrogens is 287 g/mol. The van der Waals surface area contributed by atoms with Gasteiger partial charge in [-0.3, -0.25) is 0 Å². The molecule has 0 heterocycles. The standard InChI is InChI=1S/C8H4BrF5O/c9-2(1-15)3-4(10)6(12)8(14)7(13)5(3)11/h2,15H,1H2. The van der Waals surface area contributed by atoms with Crippen molar-refractivity contribution in [3.63, 3.8) is 0 Å². The van der Waals surface area contributed by atoms with Gasteiger partial charge < -0.3 is 5.11 Å². The van der Waals surface area contributed by atoms with E-state index < -0.39 is 46.1 Å². The van der Waals surface area contributed by atoms with E-state index in [1.807, 2.05) is 0 Å². The van der Waals surface area contributed by atoms with Crippen molar-refractivity contribution in [3.8, 4) is 0 Å². The fraction of sp³-hybridized carbons (Fsp3) is 0.250. The lowest BCUT2D eigenvalue weighted by molar-refractivity contribution is 0.289. The summed E-state index contributed by atoms with van der Waals surface area (Å²) in [4.78, 5) is -1.35. The average molecular weight is 291 g/mol. The zero-order valence-corrected chi connectivity index (χ0v) is 8.59. The van der Waals surface area contributed by atoms with E-state index in [0.29, 0.717) is 0 Å². The number of aliphatic hydroxyl groups is 1. The van der Waals surface area contributed by atoms with Gasteiger partial charge in [0.05, 0.1) is 11.4 Å². The molecule has 1 nitrogen and oxygen atoms in total. The number of benzene rings is 1. The highest BCUT2D eigenvalue weighted by atomic mass is 79.9. The Hall–Kier alpha value is -0.690. The molecule has 0 amide bonds. The van der Waals surface area contributed by atoms with Crippen molar-refractivity contribution in [1.29, 1.82) is 0 Å². The Labute approximate surface area is 89.7 Å². The Morgan fingerprint density at radius 1 is 0.867 bits per heavy atom. The molecule has 84 valence electrons. The Kier molecular flexibility index (Phi) is 3.67. The first kappa shape index (κ1) is 12.4. The lowest BCUT2D eigenvalue weighted by atomic mass is 10.1. The first-order valence-corrected chi connectivity index (χ1v) is 4.59. The summed E-state index contributed by atoms with van der Waals surface area (Å²) < 4.78 is 63.8. The summed E-state index contributed by atoms with van der Waals surface area (Å²) in [5.41, 5.74) is -1.08. The van der Waals surface area contributed by atoms with E-state index >= 15 is 0 Å². The van der Waals surface area contributed by atoms with E-state index in [1.54, 1.807) is 0 Å². The molecule has 0 aromatic heterocycles. The van der Waals surface area contributed by atoms with E-state index in [-0.39, 0.29) is 0 Å². The fourth-order valence-corrected chi connectivity index (χ4v) is 1.39. The maximum Gasteiger partial charge on any atom is 0.200 e. The van der Waals surface area contributed by atoms with E-state index in [4.69, 9.17) is 5.11 Å². The van der Waals surface area contributed by atoms with Crippen LogP contribution in [-0.4, -0.2) is 11.7 Å². The van der Waals surface area contributed by atoms with E-state index in [1.165, 1.54) is 0 Å². The molecule has 0 spiro atoms. The summed E-state index contributed by atoms with van der Waals surface area (Å²) in [5, 5.41) is 8.57. The number of hydrogen-bond donors (Lipinski definition) is 1. The summed E-state index contributed by atoms with van der Waals surface area (Å²) in [5.74, 6) is -10.2. The summed E-state index contributed by atoms with van der Waals surface area (Å²) in [7, 11) is 0. The number of alkyl halides is 1. The van der Waals surface area contributed by atoms with E-state index in [2.05, 4.69) is 15.9 Å². The molecule has 1 aromatic carbocycles. The first-order chi connectivity index (χ1) is 6.91. The van der Waals surface area contributed by atoms with Crippen LogP contribution in [0.2, 0.25) is 0 Å². The van der Waals surface area contributed by atoms with Gasteiger partial charge in [0.25, 0.3) is 0 Å². The van der Waals surface area contributed by atoms with Crippen LogP contribution in [0.25, 0.3) is 0 Å². The van der Waals surface area contributed by atoms with Gasteiger partial charge in [0.1, 0.15) is 0 Å². The van der Waals surface area contributed by atoms with Crippen LogP contribution in [0.3, 0.4) is 0 Å². The average Bonchev–Trinajstić information content (AvgIpc) is 2.23. The Morgan fingerprint density at radius 3 is 1.53 bits per heavy atom. The maximum absolute atomic E-state index is 13.0. The first-order valence-electron chi connectivity index (χ1n) is 3.68. The van der Waals surface area contributed by atoms with E-state index in [0.717, 1.165) is 0 Å². The highest BCUT2D eigenvalue weighted by molar-refractivity contribution is 9.09. The second kappa shape index (κ2) is 4.44. The van der Waals surface area contributed by atoms with Gasteiger partial charge in [0, 0.05) is 5.56 Å². The minimum atomic E-state index is -2.22. The van der Waals surface area contributed by atoms with Crippen LogP contribution in [0.5, 0.6) is 0 Å². The molecule has 0 saturated heterocycles. The molecule has 0 aliphatic heterocycles. The molecule has 1 N–H and O–H groups in total. The van der Waals surface area contributed by atoms with Crippen LogP contribution in [0.15, 0.2) is 0 Å². The zero-order valence-electron chi connectivity index (χ0n) is 7.00. The van der Waals surface area contributed by atoms with Crippen molar-refractivity contribution in [1.82, 2.24) is 0 Å². The maximum atomic E-state index is 13.0. The molecule has 1 aromatic rings. The van der Waals surface area contributed by atoms with Crippen molar-refractivity contribution in [2.45, 2.75) is 4.83 Å². The Balaban J connectivity index is 3.52. The predicted molar refractivity (Wildman–Crippen MR) is 45.0 cm³/mol. The molecule has 15 heavy (non-hydrogen) atoms. The van der Waals surface area contributed by atoms with Crippen molar-refractivity contribution in [2.24, 2.45) is 0 Å². The quantitative estimate of drug-likeness (QED) is 0.384. The van der Waals surface area contributed by atoms with Crippen molar-refractivity contribution >= 4 is 15.9 Å². The number of hydrogen-bond acceptors (Lipinski definition) is 1. The van der Waals surface area contributed by atoms with Crippen LogP contribution in [0.1, 0.15) is 10.4 Å². The van der Waals surface area contributed by atoms with Gasteiger partial charge in [-0.2, -0.15) is 0 Å². The molecule has 0 bridgehead atoms. The Morgan fingerprint density at radius 2 is 1.20 bits per heavy atom. The number of halogens is 6. The molecule has 0 aliphatic rings. The molecule has 1 rings (SSSR count). The highest BCUT2D eigenvalue weighted by Crippen LogP contribution is 2.31. The van der Waals surface area contributed by atoms with E-state index in [9.17, 15) is 22.0 Å². The monoisotopic (exact) mass is 290 g/mol. The van der Waals surface area contributed by atoms with Gasteiger partial charge in [-0.05, 0) is 0 Å².